The number of rotatable bonds is 11. The maximum atomic E-state index is 14.2. The topological polar surface area (TPSA) is 137 Å². The predicted molar refractivity (Wildman–Crippen MR) is 124 cm³/mol. The highest BCUT2D eigenvalue weighted by atomic mass is 19.3. The Morgan fingerprint density at radius 3 is 2.53 bits per heavy atom. The summed E-state index contributed by atoms with van der Waals surface area (Å²) >= 11 is 0. The smallest absolute Gasteiger partial charge is 0.387 e. The van der Waals surface area contributed by atoms with Gasteiger partial charge in [-0.1, -0.05) is 6.07 Å². The monoisotopic (exact) mass is 537 g/mol. The fourth-order valence-corrected chi connectivity index (χ4v) is 3.57. The molecular formula is C25H23F4N3O6. The number of benzene rings is 2. The summed E-state index contributed by atoms with van der Waals surface area (Å²) in [7, 11) is 0. The molecule has 1 fully saturated rings. The molecule has 1 saturated carbocycles. The van der Waals surface area contributed by atoms with E-state index in [2.05, 4.69) is 15.0 Å². The van der Waals surface area contributed by atoms with Crippen molar-refractivity contribution in [2.45, 2.75) is 38.5 Å². The predicted octanol–water partition coefficient (Wildman–Crippen LogP) is 4.59. The summed E-state index contributed by atoms with van der Waals surface area (Å²) in [6.45, 7) is -1.30. The number of ether oxygens (including phenoxy) is 2. The quantitative estimate of drug-likeness (QED) is 0.302. The van der Waals surface area contributed by atoms with Gasteiger partial charge in [0.15, 0.2) is 29.0 Å². The number of carboxylic acids is 1. The Kier molecular flexibility index (Phi) is 7.86. The molecule has 0 bridgehead atoms. The molecule has 0 spiro atoms. The first-order chi connectivity index (χ1) is 18.0. The van der Waals surface area contributed by atoms with E-state index in [1.165, 1.54) is 25.1 Å². The van der Waals surface area contributed by atoms with Crippen molar-refractivity contribution >= 4 is 11.9 Å². The van der Waals surface area contributed by atoms with Gasteiger partial charge in [0.25, 0.3) is 5.91 Å². The lowest BCUT2D eigenvalue weighted by Crippen LogP contribution is -2.35. The number of carbonyl (C=O) groups is 2. The number of aliphatic carboxylic acids is 1. The van der Waals surface area contributed by atoms with Crippen molar-refractivity contribution in [2.75, 3.05) is 6.61 Å². The molecule has 1 aliphatic rings. The van der Waals surface area contributed by atoms with E-state index in [1.807, 2.05) is 0 Å². The molecule has 13 heteroatoms. The van der Waals surface area contributed by atoms with Crippen LogP contribution in [0.3, 0.4) is 0 Å². The van der Waals surface area contributed by atoms with Crippen molar-refractivity contribution < 1.29 is 46.1 Å². The van der Waals surface area contributed by atoms with Crippen LogP contribution < -0.4 is 20.5 Å². The Hall–Kier alpha value is -4.13. The summed E-state index contributed by atoms with van der Waals surface area (Å²) in [4.78, 5) is 29.0. The van der Waals surface area contributed by atoms with Crippen molar-refractivity contribution in [3.8, 4) is 23.0 Å². The Labute approximate surface area is 213 Å². The molecule has 0 saturated heterocycles. The molecule has 9 nitrogen and oxygen atoms in total. The maximum absolute atomic E-state index is 14.2. The molecule has 1 aliphatic carbocycles. The second-order valence-corrected chi connectivity index (χ2v) is 8.73. The number of carbonyl (C=O) groups excluding carboxylic acids is 1. The van der Waals surface area contributed by atoms with Gasteiger partial charge in [-0.15, -0.1) is 0 Å². The maximum Gasteiger partial charge on any atom is 0.387 e. The average Bonchev–Trinajstić information content (AvgIpc) is 3.56. The molecule has 1 aromatic heterocycles. The number of alkyl halides is 2. The van der Waals surface area contributed by atoms with Crippen LogP contribution in [0.2, 0.25) is 0 Å². The van der Waals surface area contributed by atoms with Gasteiger partial charge in [0.1, 0.15) is 11.6 Å². The first-order valence-corrected chi connectivity index (χ1v) is 11.5. The summed E-state index contributed by atoms with van der Waals surface area (Å²) in [6, 6.07) is 3.43. The van der Waals surface area contributed by atoms with Crippen LogP contribution in [0.4, 0.5) is 17.6 Å². The minimum absolute atomic E-state index is 0.0129. The molecule has 4 N–H and O–H groups in total. The normalized spacial score (nSPS) is 14.7. The van der Waals surface area contributed by atoms with Crippen LogP contribution in [0, 0.1) is 17.6 Å². The van der Waals surface area contributed by atoms with Crippen LogP contribution in [0.25, 0.3) is 11.5 Å². The molecule has 4 rings (SSSR count). The molecule has 38 heavy (non-hydrogen) atoms. The van der Waals surface area contributed by atoms with Crippen LogP contribution in [0.5, 0.6) is 11.5 Å². The van der Waals surface area contributed by atoms with Gasteiger partial charge in [0.2, 0.25) is 5.89 Å². The van der Waals surface area contributed by atoms with Crippen LogP contribution >= 0.6 is 0 Å². The molecule has 1 heterocycles. The fraction of sp³-hybridized carbons (Fsp3) is 0.320. The van der Waals surface area contributed by atoms with Crippen molar-refractivity contribution in [1.29, 1.82) is 0 Å². The third kappa shape index (κ3) is 6.22. The van der Waals surface area contributed by atoms with E-state index in [-0.39, 0.29) is 34.4 Å². The number of hydrogen-bond donors (Lipinski definition) is 3. The van der Waals surface area contributed by atoms with E-state index < -0.39 is 47.8 Å². The summed E-state index contributed by atoms with van der Waals surface area (Å²) in [5, 5.41) is 11.7. The number of aromatic nitrogens is 1. The van der Waals surface area contributed by atoms with Crippen LogP contribution in [0.1, 0.15) is 53.7 Å². The molecule has 2 aromatic carbocycles. The summed E-state index contributed by atoms with van der Waals surface area (Å²) in [5.74, 6) is -4.88. The Balaban J connectivity index is 1.65. The number of nitrogens with zero attached hydrogens (tertiary/aromatic N) is 1. The Bertz CT molecular complexity index is 1340. The van der Waals surface area contributed by atoms with Gasteiger partial charge >= 0.3 is 12.6 Å². The van der Waals surface area contributed by atoms with Crippen molar-refractivity contribution in [3.63, 3.8) is 0 Å². The highest BCUT2D eigenvalue weighted by Gasteiger charge is 2.30. The first kappa shape index (κ1) is 26.9. The Morgan fingerprint density at radius 2 is 1.92 bits per heavy atom. The number of halogens is 4. The SMILES string of the molecule is C[C@H](N)c1oc(-c2ccc(OC(F)F)c(OCC3CC3)c2)nc1C(=O)NC(C(=O)O)c1ccc(F)cc1F. The molecule has 0 radical (unpaired) electrons. The lowest BCUT2D eigenvalue weighted by Gasteiger charge is -2.15. The van der Waals surface area contributed by atoms with Gasteiger partial charge in [-0.25, -0.2) is 18.6 Å². The third-order valence-corrected chi connectivity index (χ3v) is 5.66. The summed E-state index contributed by atoms with van der Waals surface area (Å²) in [6.07, 6.45) is 1.92. The van der Waals surface area contributed by atoms with Gasteiger partial charge in [-0.05, 0) is 49.9 Å². The molecule has 202 valence electrons. The standard InChI is InChI=1S/C25H23F4N3O6/c1-11(30)21-20(22(33)31-19(24(34)35)15-6-5-14(26)9-16(15)27)32-23(38-21)13-4-7-17(37-25(28)29)18(8-13)36-10-12-2-3-12/h4-9,11-12,19,25H,2-3,10,30H2,1H3,(H,31,33)(H,34,35)/t11-,19?/m0/s1. The van der Waals surface area contributed by atoms with Crippen LogP contribution in [0.15, 0.2) is 40.8 Å². The molecule has 3 aromatic rings. The first-order valence-electron chi connectivity index (χ1n) is 11.5. The number of amides is 1. The van der Waals surface area contributed by atoms with E-state index in [1.54, 1.807) is 0 Å². The third-order valence-electron chi connectivity index (χ3n) is 5.66. The largest absolute Gasteiger partial charge is 0.489 e. The Morgan fingerprint density at radius 1 is 1.18 bits per heavy atom. The summed E-state index contributed by atoms with van der Waals surface area (Å²) in [5.41, 5.74) is 5.30. The summed E-state index contributed by atoms with van der Waals surface area (Å²) < 4.78 is 69.0. The zero-order valence-electron chi connectivity index (χ0n) is 19.9. The van der Waals surface area contributed by atoms with E-state index in [0.717, 1.165) is 25.0 Å². The lowest BCUT2D eigenvalue weighted by molar-refractivity contribution is -0.139. The number of carboxylic acid groups (broad SMARTS) is 1. The van der Waals surface area contributed by atoms with Crippen molar-refractivity contribution in [1.82, 2.24) is 10.3 Å². The van der Waals surface area contributed by atoms with Gasteiger partial charge in [-0.3, -0.25) is 4.79 Å². The van der Waals surface area contributed by atoms with Crippen molar-refractivity contribution in [2.24, 2.45) is 11.7 Å². The van der Waals surface area contributed by atoms with E-state index in [4.69, 9.17) is 14.9 Å². The number of nitrogens with two attached hydrogens (primary N) is 1. The van der Waals surface area contributed by atoms with Crippen LogP contribution in [-0.2, 0) is 4.79 Å². The minimum Gasteiger partial charge on any atom is -0.489 e. The zero-order chi connectivity index (χ0) is 27.6. The van der Waals surface area contributed by atoms with Crippen molar-refractivity contribution in [3.05, 3.63) is 65.1 Å². The van der Waals surface area contributed by atoms with E-state index in [0.29, 0.717) is 18.6 Å². The number of oxazole rings is 1. The highest BCUT2D eigenvalue weighted by molar-refractivity contribution is 5.96. The molecular weight excluding hydrogens is 514 g/mol. The fourth-order valence-electron chi connectivity index (χ4n) is 3.57. The van der Waals surface area contributed by atoms with Gasteiger partial charge < -0.3 is 30.0 Å². The van der Waals surface area contributed by atoms with E-state index in [9.17, 15) is 32.3 Å². The minimum atomic E-state index is -3.08. The zero-order valence-corrected chi connectivity index (χ0v) is 19.9. The van der Waals surface area contributed by atoms with Gasteiger partial charge in [0, 0.05) is 17.2 Å². The lowest BCUT2D eigenvalue weighted by atomic mass is 10.1. The number of hydrogen-bond acceptors (Lipinski definition) is 7. The average molecular weight is 537 g/mol. The second-order valence-electron chi connectivity index (χ2n) is 8.73. The van der Waals surface area contributed by atoms with E-state index >= 15 is 0 Å². The molecule has 2 atom stereocenters. The number of nitrogens with one attached hydrogen (secondary N) is 1. The van der Waals surface area contributed by atoms with Crippen LogP contribution in [-0.4, -0.2) is 35.2 Å². The molecule has 0 aliphatic heterocycles. The van der Waals surface area contributed by atoms with Gasteiger partial charge in [-0.2, -0.15) is 8.78 Å². The molecule has 1 unspecified atom stereocenters. The highest BCUT2D eigenvalue weighted by Crippen LogP contribution is 2.37. The second kappa shape index (κ2) is 11.1. The molecule has 1 amide bonds. The van der Waals surface area contributed by atoms with Gasteiger partial charge in [0.05, 0.1) is 12.6 Å².